The number of fused-ring (bicyclic) bond motifs is 1. The molecule has 1 aliphatic heterocycles. The molecule has 0 radical (unpaired) electrons. The van der Waals surface area contributed by atoms with E-state index in [2.05, 4.69) is 15.0 Å². The lowest BCUT2D eigenvalue weighted by atomic mass is 10.2. The molecule has 0 bridgehead atoms. The molecule has 8 nitrogen and oxygen atoms in total. The fourth-order valence-corrected chi connectivity index (χ4v) is 3.34. The van der Waals surface area contributed by atoms with Gasteiger partial charge in [-0.2, -0.15) is 0 Å². The van der Waals surface area contributed by atoms with Crippen molar-refractivity contribution in [3.63, 3.8) is 0 Å². The molecular weight excluding hydrogens is 320 g/mol. The van der Waals surface area contributed by atoms with E-state index in [1.165, 1.54) is 6.33 Å². The number of carbonyl (C=O) groups excluding carboxylic acids is 1. The fraction of sp³-hybridized carbons (Fsp3) is 0.353. The van der Waals surface area contributed by atoms with Gasteiger partial charge < -0.3 is 4.90 Å². The number of rotatable bonds is 2. The highest BCUT2D eigenvalue weighted by atomic mass is 16.2. The number of likely N-dealkylation sites (tertiary alicyclic amines) is 1. The number of carbonyl (C=O) groups is 1. The van der Waals surface area contributed by atoms with Crippen LogP contribution >= 0.6 is 0 Å². The molecule has 1 unspecified atom stereocenters. The summed E-state index contributed by atoms with van der Waals surface area (Å²) in [6.45, 7) is 2.97. The third-order valence-electron chi connectivity index (χ3n) is 4.73. The quantitative estimate of drug-likeness (QED) is 0.693. The molecule has 1 fully saturated rings. The minimum Gasteiger partial charge on any atom is -0.336 e. The third-order valence-corrected chi connectivity index (χ3v) is 4.73. The zero-order chi connectivity index (χ0) is 17.6. The largest absolute Gasteiger partial charge is 0.336 e. The standard InChI is InChI=1S/C17H18N6O2/c1-11-3-4-12(7-19-11)16(24)22-6-5-13(9-22)23-15-14(8-18-10-20-15)21(2)17(23)25/h3-4,7-8,10,13H,5-6,9H2,1-2H3. The predicted octanol–water partition coefficient (Wildman–Crippen LogP) is 0.921. The van der Waals surface area contributed by atoms with Gasteiger partial charge in [-0.25, -0.2) is 14.8 Å². The molecule has 4 heterocycles. The van der Waals surface area contributed by atoms with Crippen molar-refractivity contribution in [2.45, 2.75) is 19.4 Å². The Morgan fingerprint density at radius 2 is 2.08 bits per heavy atom. The molecule has 25 heavy (non-hydrogen) atoms. The Morgan fingerprint density at radius 3 is 2.84 bits per heavy atom. The smallest absolute Gasteiger partial charge is 0.330 e. The number of imidazole rings is 1. The maximum absolute atomic E-state index is 12.7. The summed E-state index contributed by atoms with van der Waals surface area (Å²) in [7, 11) is 1.71. The summed E-state index contributed by atoms with van der Waals surface area (Å²) in [5, 5.41) is 0. The maximum Gasteiger partial charge on any atom is 0.330 e. The topological polar surface area (TPSA) is 85.9 Å². The zero-order valence-corrected chi connectivity index (χ0v) is 14.1. The lowest BCUT2D eigenvalue weighted by molar-refractivity contribution is 0.0787. The van der Waals surface area contributed by atoms with E-state index in [4.69, 9.17) is 0 Å². The third kappa shape index (κ3) is 2.50. The van der Waals surface area contributed by atoms with Crippen molar-refractivity contribution < 1.29 is 4.79 Å². The van der Waals surface area contributed by atoms with Crippen molar-refractivity contribution in [3.8, 4) is 0 Å². The van der Waals surface area contributed by atoms with Crippen molar-refractivity contribution in [1.29, 1.82) is 0 Å². The average molecular weight is 338 g/mol. The van der Waals surface area contributed by atoms with E-state index >= 15 is 0 Å². The first-order valence-electron chi connectivity index (χ1n) is 8.15. The predicted molar refractivity (Wildman–Crippen MR) is 91.3 cm³/mol. The second-order valence-corrected chi connectivity index (χ2v) is 6.33. The van der Waals surface area contributed by atoms with E-state index in [0.29, 0.717) is 36.2 Å². The van der Waals surface area contributed by atoms with Crippen molar-refractivity contribution in [2.75, 3.05) is 13.1 Å². The first-order chi connectivity index (χ1) is 12.1. The first kappa shape index (κ1) is 15.5. The van der Waals surface area contributed by atoms with Crippen LogP contribution in [0.1, 0.15) is 28.5 Å². The maximum atomic E-state index is 12.7. The molecule has 0 aromatic carbocycles. The van der Waals surface area contributed by atoms with E-state index in [9.17, 15) is 9.59 Å². The molecule has 3 aromatic heterocycles. The molecule has 3 aromatic rings. The van der Waals surface area contributed by atoms with Gasteiger partial charge in [-0.05, 0) is 25.5 Å². The van der Waals surface area contributed by atoms with Gasteiger partial charge in [0.2, 0.25) is 0 Å². The molecular formula is C17H18N6O2. The summed E-state index contributed by atoms with van der Waals surface area (Å²) >= 11 is 0. The van der Waals surface area contributed by atoms with Gasteiger partial charge in [0.1, 0.15) is 11.8 Å². The number of amides is 1. The highest BCUT2D eigenvalue weighted by Crippen LogP contribution is 2.24. The summed E-state index contributed by atoms with van der Waals surface area (Å²) in [5.74, 6) is -0.0575. The summed E-state index contributed by atoms with van der Waals surface area (Å²) < 4.78 is 3.22. The van der Waals surface area contributed by atoms with Gasteiger partial charge >= 0.3 is 5.69 Å². The molecule has 0 saturated carbocycles. The molecule has 1 amide bonds. The Bertz CT molecular complexity index is 1000. The Morgan fingerprint density at radius 1 is 1.24 bits per heavy atom. The Balaban J connectivity index is 1.63. The second kappa shape index (κ2) is 5.80. The number of hydrogen-bond donors (Lipinski definition) is 0. The number of pyridine rings is 1. The van der Waals surface area contributed by atoms with Crippen LogP contribution in [0, 0.1) is 6.92 Å². The average Bonchev–Trinajstić information content (AvgIpc) is 3.19. The lowest BCUT2D eigenvalue weighted by Gasteiger charge is -2.17. The zero-order valence-electron chi connectivity index (χ0n) is 14.1. The van der Waals surface area contributed by atoms with Crippen LogP contribution in [-0.2, 0) is 7.05 Å². The number of aromatic nitrogens is 5. The Labute approximate surface area is 143 Å². The van der Waals surface area contributed by atoms with Crippen molar-refractivity contribution >= 4 is 17.1 Å². The van der Waals surface area contributed by atoms with E-state index < -0.39 is 0 Å². The highest BCUT2D eigenvalue weighted by Gasteiger charge is 2.31. The van der Waals surface area contributed by atoms with E-state index in [0.717, 1.165) is 5.69 Å². The van der Waals surface area contributed by atoms with Crippen molar-refractivity contribution in [3.05, 3.63) is 52.6 Å². The van der Waals surface area contributed by atoms with Crippen LogP contribution in [0.3, 0.4) is 0 Å². The summed E-state index contributed by atoms with van der Waals surface area (Å²) in [4.78, 5) is 39.5. The molecule has 0 N–H and O–H groups in total. The lowest BCUT2D eigenvalue weighted by Crippen LogP contribution is -2.31. The van der Waals surface area contributed by atoms with Gasteiger partial charge in [0, 0.05) is 32.0 Å². The molecule has 128 valence electrons. The molecule has 8 heteroatoms. The fourth-order valence-electron chi connectivity index (χ4n) is 3.34. The normalized spacial score (nSPS) is 17.4. The SMILES string of the molecule is Cc1ccc(C(=O)N2CCC(n3c(=O)n(C)c4cncnc43)C2)cn1. The van der Waals surface area contributed by atoms with Gasteiger partial charge in [0.05, 0.1) is 17.8 Å². The van der Waals surface area contributed by atoms with E-state index in [-0.39, 0.29) is 17.6 Å². The number of nitrogens with zero attached hydrogens (tertiary/aromatic N) is 6. The van der Waals surface area contributed by atoms with Crippen LogP contribution in [0.5, 0.6) is 0 Å². The van der Waals surface area contributed by atoms with Gasteiger partial charge in [-0.1, -0.05) is 0 Å². The molecule has 0 aliphatic carbocycles. The van der Waals surface area contributed by atoms with Gasteiger partial charge in [-0.3, -0.25) is 18.9 Å². The van der Waals surface area contributed by atoms with Crippen LogP contribution in [0.25, 0.3) is 11.2 Å². The Hall–Kier alpha value is -3.03. The van der Waals surface area contributed by atoms with Crippen molar-refractivity contribution in [1.82, 2.24) is 29.0 Å². The molecule has 1 saturated heterocycles. The van der Waals surface area contributed by atoms with Gasteiger partial charge in [0.25, 0.3) is 5.91 Å². The molecule has 1 atom stereocenters. The van der Waals surface area contributed by atoms with Crippen LogP contribution in [0.2, 0.25) is 0 Å². The van der Waals surface area contributed by atoms with Crippen LogP contribution in [-0.4, -0.2) is 48.0 Å². The number of aryl methyl sites for hydroxylation is 2. The van der Waals surface area contributed by atoms with Crippen LogP contribution in [0.4, 0.5) is 0 Å². The molecule has 1 aliphatic rings. The van der Waals surface area contributed by atoms with Gasteiger partial charge in [-0.15, -0.1) is 0 Å². The van der Waals surface area contributed by atoms with Gasteiger partial charge in [0.15, 0.2) is 5.65 Å². The monoisotopic (exact) mass is 338 g/mol. The van der Waals surface area contributed by atoms with Crippen LogP contribution < -0.4 is 5.69 Å². The minimum atomic E-state index is -0.133. The molecule has 0 spiro atoms. The summed E-state index contributed by atoms with van der Waals surface area (Å²) in [5.41, 5.74) is 2.61. The van der Waals surface area contributed by atoms with Crippen LogP contribution in [0.15, 0.2) is 35.6 Å². The highest BCUT2D eigenvalue weighted by molar-refractivity contribution is 5.94. The van der Waals surface area contributed by atoms with E-state index in [1.807, 2.05) is 13.0 Å². The minimum absolute atomic E-state index is 0.0575. The summed E-state index contributed by atoms with van der Waals surface area (Å²) in [6.07, 6.45) is 5.39. The Kier molecular flexibility index (Phi) is 3.60. The first-order valence-corrected chi connectivity index (χ1v) is 8.15. The second-order valence-electron chi connectivity index (χ2n) is 6.33. The summed E-state index contributed by atoms with van der Waals surface area (Å²) in [6, 6.07) is 3.52. The molecule has 4 rings (SSSR count). The number of hydrogen-bond acceptors (Lipinski definition) is 5. The van der Waals surface area contributed by atoms with E-state index in [1.54, 1.807) is 39.5 Å². The van der Waals surface area contributed by atoms with Crippen molar-refractivity contribution in [2.24, 2.45) is 7.05 Å².